The molecule has 0 spiro atoms. The van der Waals surface area contributed by atoms with Gasteiger partial charge < -0.3 is 11.2 Å². The van der Waals surface area contributed by atoms with Crippen LogP contribution in [0.25, 0.3) is 0 Å². The highest BCUT2D eigenvalue weighted by Gasteiger charge is 1.95. The second-order valence-electron chi connectivity index (χ2n) is 2.11. The van der Waals surface area contributed by atoms with Gasteiger partial charge in [-0.05, 0) is 0 Å². The fourth-order valence-corrected chi connectivity index (χ4v) is 0.783. The van der Waals surface area contributed by atoms with Gasteiger partial charge in [-0.25, -0.2) is 9.13 Å². The van der Waals surface area contributed by atoms with E-state index in [9.17, 15) is 0 Å². The summed E-state index contributed by atoms with van der Waals surface area (Å²) in [6.07, 6.45) is 6.01. The zero-order valence-electron chi connectivity index (χ0n) is 6.07. The predicted octanol–water partition coefficient (Wildman–Crippen LogP) is -0.905. The molecule has 58 valence electrons. The van der Waals surface area contributed by atoms with Crippen LogP contribution >= 0.6 is 0 Å². The smallest absolute Gasteiger partial charge is 0.243 e. The minimum absolute atomic E-state index is 0. The minimum Gasteiger partial charge on any atom is -0.870 e. The molecule has 0 atom stereocenters. The van der Waals surface area contributed by atoms with Crippen molar-refractivity contribution >= 4 is 0 Å². The second-order valence-corrected chi connectivity index (χ2v) is 2.11. The third kappa shape index (κ3) is 2.16. The largest absolute Gasteiger partial charge is 0.870 e. The first-order valence-electron chi connectivity index (χ1n) is 3.04. The number of hydrogen-bond donors (Lipinski definition) is 1. The molecule has 4 nitrogen and oxygen atoms in total. The molecule has 3 N–H and O–H groups in total. The maximum Gasteiger partial charge on any atom is 0.243 e. The fourth-order valence-electron chi connectivity index (χ4n) is 0.783. The lowest BCUT2D eigenvalue weighted by molar-refractivity contribution is -0.671. The summed E-state index contributed by atoms with van der Waals surface area (Å²) in [7, 11) is 1.99. The van der Waals surface area contributed by atoms with Crippen LogP contribution in [-0.2, 0) is 13.6 Å². The van der Waals surface area contributed by atoms with Crippen molar-refractivity contribution in [1.29, 1.82) is 0 Å². The van der Waals surface area contributed by atoms with Crippen LogP contribution in [0.4, 0.5) is 0 Å². The van der Waals surface area contributed by atoms with Crippen molar-refractivity contribution < 1.29 is 10.0 Å². The van der Waals surface area contributed by atoms with E-state index < -0.39 is 0 Å². The number of hydrogen-bond acceptors (Lipinski definition) is 2. The molecule has 1 rings (SSSR count). The average Bonchev–Trinajstić information content (AvgIpc) is 2.17. The predicted molar refractivity (Wildman–Crippen MR) is 36.6 cm³/mol. The van der Waals surface area contributed by atoms with Gasteiger partial charge in [0.1, 0.15) is 18.9 Å². The molecule has 1 aromatic rings. The first kappa shape index (κ1) is 9.13. The summed E-state index contributed by atoms with van der Waals surface area (Å²) in [5.41, 5.74) is 5.34. The van der Waals surface area contributed by atoms with Gasteiger partial charge in [0.25, 0.3) is 0 Å². The van der Waals surface area contributed by atoms with Crippen LogP contribution in [0.3, 0.4) is 0 Å². The van der Waals surface area contributed by atoms with E-state index in [-0.39, 0.29) is 5.48 Å². The van der Waals surface area contributed by atoms with Gasteiger partial charge >= 0.3 is 0 Å². The van der Waals surface area contributed by atoms with Gasteiger partial charge in [0.2, 0.25) is 6.33 Å². The summed E-state index contributed by atoms with van der Waals surface area (Å²) in [4.78, 5) is 0. The first-order valence-corrected chi connectivity index (χ1v) is 3.04. The summed E-state index contributed by atoms with van der Waals surface area (Å²) in [6, 6.07) is 0. The van der Waals surface area contributed by atoms with E-state index in [0.717, 1.165) is 6.54 Å². The molecule has 1 heterocycles. The van der Waals surface area contributed by atoms with Crippen LogP contribution in [0.1, 0.15) is 0 Å². The van der Waals surface area contributed by atoms with Crippen molar-refractivity contribution in [3.63, 3.8) is 0 Å². The normalized spacial score (nSPS) is 9.00. The molecular formula is C6H13N3O. The molecule has 0 fully saturated rings. The third-order valence-electron chi connectivity index (χ3n) is 1.21. The Morgan fingerprint density at radius 2 is 2.30 bits per heavy atom. The lowest BCUT2D eigenvalue weighted by atomic mass is 10.6. The number of aromatic nitrogens is 2. The molecule has 10 heavy (non-hydrogen) atoms. The summed E-state index contributed by atoms with van der Waals surface area (Å²) in [5.74, 6) is 0. The van der Waals surface area contributed by atoms with E-state index in [1.165, 1.54) is 0 Å². The Morgan fingerprint density at radius 1 is 1.60 bits per heavy atom. The van der Waals surface area contributed by atoms with Gasteiger partial charge in [0, 0.05) is 6.54 Å². The highest BCUT2D eigenvalue weighted by molar-refractivity contribution is 4.65. The number of rotatable bonds is 2. The van der Waals surface area contributed by atoms with E-state index in [4.69, 9.17) is 5.73 Å². The number of nitrogens with two attached hydrogens (primary N) is 1. The Balaban J connectivity index is 0.000000810. The molecule has 0 aliphatic heterocycles. The Morgan fingerprint density at radius 3 is 2.70 bits per heavy atom. The van der Waals surface area contributed by atoms with E-state index in [2.05, 4.69) is 4.57 Å². The van der Waals surface area contributed by atoms with Crippen LogP contribution in [0.2, 0.25) is 0 Å². The van der Waals surface area contributed by atoms with Gasteiger partial charge in [0.05, 0.1) is 7.05 Å². The Kier molecular flexibility index (Phi) is 3.68. The lowest BCUT2D eigenvalue weighted by Gasteiger charge is -1.87. The molecular weight excluding hydrogens is 130 g/mol. The van der Waals surface area contributed by atoms with Crippen LogP contribution < -0.4 is 10.3 Å². The van der Waals surface area contributed by atoms with E-state index >= 15 is 0 Å². The third-order valence-corrected chi connectivity index (χ3v) is 1.21. The summed E-state index contributed by atoms with van der Waals surface area (Å²) in [5, 5.41) is 0. The SMILES string of the molecule is C[n+]1ccn(CCN)c1.[OH-]. The lowest BCUT2D eigenvalue weighted by Crippen LogP contribution is -2.24. The Hall–Kier alpha value is -0.870. The van der Waals surface area contributed by atoms with Crippen LogP contribution in [-0.4, -0.2) is 16.6 Å². The molecule has 1 aromatic heterocycles. The molecule has 0 aliphatic rings. The van der Waals surface area contributed by atoms with Crippen LogP contribution in [0.5, 0.6) is 0 Å². The zero-order valence-corrected chi connectivity index (χ0v) is 6.07. The summed E-state index contributed by atoms with van der Waals surface area (Å²) < 4.78 is 4.05. The van der Waals surface area contributed by atoms with Crippen molar-refractivity contribution in [2.75, 3.05) is 6.54 Å². The fraction of sp³-hybridized carbons (Fsp3) is 0.500. The van der Waals surface area contributed by atoms with Gasteiger partial charge in [-0.15, -0.1) is 0 Å². The van der Waals surface area contributed by atoms with Crippen molar-refractivity contribution in [2.24, 2.45) is 12.8 Å². The van der Waals surface area contributed by atoms with E-state index in [0.29, 0.717) is 6.54 Å². The van der Waals surface area contributed by atoms with Gasteiger partial charge in [-0.3, -0.25) is 0 Å². The van der Waals surface area contributed by atoms with Crippen molar-refractivity contribution in [3.8, 4) is 0 Å². The van der Waals surface area contributed by atoms with Gasteiger partial charge in [0.15, 0.2) is 0 Å². The quantitative estimate of drug-likeness (QED) is 0.545. The maximum absolute atomic E-state index is 5.34. The monoisotopic (exact) mass is 143 g/mol. The number of nitrogens with zero attached hydrogens (tertiary/aromatic N) is 2. The molecule has 0 saturated carbocycles. The van der Waals surface area contributed by atoms with Crippen LogP contribution in [0.15, 0.2) is 18.7 Å². The summed E-state index contributed by atoms with van der Waals surface area (Å²) >= 11 is 0. The van der Waals surface area contributed by atoms with Crippen molar-refractivity contribution in [1.82, 2.24) is 4.57 Å². The molecule has 0 aliphatic carbocycles. The standard InChI is InChI=1S/C6H12N3.H2O/c1-8-4-5-9(6-8)3-2-7;/h4-6H,2-3,7H2,1H3;1H2/q+1;/p-1. The summed E-state index contributed by atoms with van der Waals surface area (Å²) in [6.45, 7) is 1.61. The molecule has 0 radical (unpaired) electrons. The maximum atomic E-state index is 5.34. The molecule has 0 saturated heterocycles. The van der Waals surface area contributed by atoms with E-state index in [1.54, 1.807) is 0 Å². The molecule has 0 unspecified atom stereocenters. The van der Waals surface area contributed by atoms with Crippen LogP contribution in [0, 0.1) is 0 Å². The minimum atomic E-state index is 0. The van der Waals surface area contributed by atoms with Gasteiger partial charge in [-0.2, -0.15) is 0 Å². The van der Waals surface area contributed by atoms with Gasteiger partial charge in [-0.1, -0.05) is 0 Å². The average molecular weight is 143 g/mol. The Labute approximate surface area is 60.2 Å². The first-order chi connectivity index (χ1) is 4.33. The number of imidazole rings is 1. The molecule has 0 amide bonds. The second kappa shape index (κ2) is 4.03. The topological polar surface area (TPSA) is 64.8 Å². The molecule has 0 bridgehead atoms. The van der Waals surface area contributed by atoms with Crippen molar-refractivity contribution in [2.45, 2.75) is 6.54 Å². The molecule has 4 heteroatoms. The van der Waals surface area contributed by atoms with E-state index in [1.807, 2.05) is 30.3 Å². The highest BCUT2D eigenvalue weighted by atomic mass is 16.0. The number of aryl methyl sites for hydroxylation is 1. The zero-order chi connectivity index (χ0) is 6.69. The van der Waals surface area contributed by atoms with Crippen molar-refractivity contribution in [3.05, 3.63) is 18.7 Å². The molecule has 0 aromatic carbocycles. The highest BCUT2D eigenvalue weighted by Crippen LogP contribution is 1.79. The Bertz CT molecular complexity index is 185.